The summed E-state index contributed by atoms with van der Waals surface area (Å²) in [6, 6.07) is 19.5. The second-order valence-corrected chi connectivity index (χ2v) is 9.32. The van der Waals surface area contributed by atoms with Gasteiger partial charge in [0.1, 0.15) is 23.1 Å². The molecule has 8 heteroatoms. The first-order valence-electron chi connectivity index (χ1n) is 11.7. The fourth-order valence-electron chi connectivity index (χ4n) is 3.88. The van der Waals surface area contributed by atoms with Crippen molar-refractivity contribution >= 4 is 17.3 Å². The van der Waals surface area contributed by atoms with Crippen molar-refractivity contribution in [1.82, 2.24) is 15.0 Å². The zero-order valence-electron chi connectivity index (χ0n) is 21.0. The van der Waals surface area contributed by atoms with Gasteiger partial charge in [-0.3, -0.25) is 4.98 Å². The van der Waals surface area contributed by atoms with Crippen LogP contribution >= 0.6 is 0 Å². The van der Waals surface area contributed by atoms with Gasteiger partial charge in [0.15, 0.2) is 5.75 Å². The van der Waals surface area contributed by atoms with Gasteiger partial charge in [-0.25, -0.2) is 9.97 Å². The van der Waals surface area contributed by atoms with Crippen LogP contribution in [0.4, 0.5) is 11.5 Å². The lowest BCUT2D eigenvalue weighted by atomic mass is 9.81. The maximum absolute atomic E-state index is 6.29. The molecule has 0 saturated heterocycles. The minimum Gasteiger partial charge on any atom is -0.455 e. The molecule has 0 aliphatic carbocycles. The average Bonchev–Trinajstić information content (AvgIpc) is 2.87. The molecule has 0 bridgehead atoms. The molecule has 5 N–H and O–H groups in total. The van der Waals surface area contributed by atoms with E-state index >= 15 is 0 Å². The summed E-state index contributed by atoms with van der Waals surface area (Å²) in [5.41, 5.74) is 11.1. The maximum Gasteiger partial charge on any atom is 0.155 e. The van der Waals surface area contributed by atoms with Gasteiger partial charge in [-0.2, -0.15) is 5.10 Å². The molecule has 0 amide bonds. The van der Waals surface area contributed by atoms with E-state index in [1.165, 1.54) is 0 Å². The Morgan fingerprint density at radius 2 is 1.83 bits per heavy atom. The van der Waals surface area contributed by atoms with Crippen molar-refractivity contribution in [1.29, 1.82) is 0 Å². The van der Waals surface area contributed by atoms with Gasteiger partial charge >= 0.3 is 0 Å². The Labute approximate surface area is 211 Å². The van der Waals surface area contributed by atoms with Gasteiger partial charge in [-0.15, -0.1) is 0 Å². The largest absolute Gasteiger partial charge is 0.455 e. The number of ether oxygens (including phenoxy) is 1. The van der Waals surface area contributed by atoms with E-state index in [1.54, 1.807) is 12.4 Å². The zero-order valence-corrected chi connectivity index (χ0v) is 21.0. The lowest BCUT2D eigenvalue weighted by Gasteiger charge is -2.25. The summed E-state index contributed by atoms with van der Waals surface area (Å²) >= 11 is 0. The molecule has 0 fully saturated rings. The number of nitrogens with one attached hydrogen (secondary N) is 1. The predicted octanol–water partition coefficient (Wildman–Crippen LogP) is 5.59. The van der Waals surface area contributed by atoms with Crippen LogP contribution in [0.25, 0.3) is 11.4 Å². The van der Waals surface area contributed by atoms with Crippen molar-refractivity contribution in [2.75, 3.05) is 5.32 Å². The number of hydrogen-bond donors (Lipinski definition) is 3. The van der Waals surface area contributed by atoms with Gasteiger partial charge in [0, 0.05) is 36.3 Å². The van der Waals surface area contributed by atoms with Crippen molar-refractivity contribution in [3.63, 3.8) is 0 Å². The van der Waals surface area contributed by atoms with Crippen LogP contribution in [0.3, 0.4) is 0 Å². The number of anilines is 2. The number of hydrogen-bond acceptors (Lipinski definition) is 7. The first kappa shape index (κ1) is 24.7. The second kappa shape index (κ2) is 10.4. The molecule has 1 aromatic carbocycles. The highest BCUT2D eigenvalue weighted by atomic mass is 16.5. The molecule has 0 saturated carbocycles. The number of pyridine rings is 3. The summed E-state index contributed by atoms with van der Waals surface area (Å²) in [6.07, 6.45) is 4.01. The van der Waals surface area contributed by atoms with Crippen molar-refractivity contribution in [2.24, 2.45) is 16.7 Å². The molecule has 3 heterocycles. The minimum absolute atomic E-state index is 0.235. The molecule has 3 aromatic heterocycles. The van der Waals surface area contributed by atoms with Crippen LogP contribution in [-0.4, -0.2) is 20.8 Å². The predicted molar refractivity (Wildman–Crippen MR) is 144 cm³/mol. The molecule has 36 heavy (non-hydrogen) atoms. The molecule has 4 rings (SSSR count). The first-order chi connectivity index (χ1) is 17.2. The van der Waals surface area contributed by atoms with Crippen LogP contribution < -0.4 is 21.6 Å². The van der Waals surface area contributed by atoms with Crippen LogP contribution in [0.2, 0.25) is 0 Å². The standard InChI is InChI=1S/C28H31N7O/c1-18-14-24(27(33-19(18)2)23-10-5-6-12-31-23)36-22-11-13-32-26(16-22)34-21-9-7-8-20(15-21)28(3,4)17-25(29)35-30/h5-16H,17,30H2,1-4H3,(H2,29,35)(H,32,34). The number of benzene rings is 1. The third-order valence-electron chi connectivity index (χ3n) is 6.00. The van der Waals surface area contributed by atoms with E-state index in [1.807, 2.05) is 62.4 Å². The van der Waals surface area contributed by atoms with Gasteiger partial charge in [0.2, 0.25) is 0 Å². The molecule has 0 spiro atoms. The van der Waals surface area contributed by atoms with E-state index in [2.05, 4.69) is 46.4 Å². The Morgan fingerprint density at radius 3 is 2.58 bits per heavy atom. The van der Waals surface area contributed by atoms with E-state index in [9.17, 15) is 0 Å². The Morgan fingerprint density at radius 1 is 1.00 bits per heavy atom. The van der Waals surface area contributed by atoms with Crippen molar-refractivity contribution < 1.29 is 4.74 Å². The molecule has 0 aliphatic rings. The summed E-state index contributed by atoms with van der Waals surface area (Å²) in [5.74, 6) is 7.68. The van der Waals surface area contributed by atoms with Crippen molar-refractivity contribution in [3.8, 4) is 22.9 Å². The molecule has 0 radical (unpaired) electrons. The molecule has 184 valence electrons. The number of amidine groups is 1. The normalized spacial score (nSPS) is 11.8. The van der Waals surface area contributed by atoms with Gasteiger partial charge < -0.3 is 21.6 Å². The lowest BCUT2D eigenvalue weighted by Crippen LogP contribution is -2.27. The van der Waals surface area contributed by atoms with Gasteiger partial charge in [0.25, 0.3) is 0 Å². The topological polar surface area (TPSA) is 124 Å². The zero-order chi connectivity index (χ0) is 25.7. The monoisotopic (exact) mass is 481 g/mol. The summed E-state index contributed by atoms with van der Waals surface area (Å²) in [4.78, 5) is 13.7. The van der Waals surface area contributed by atoms with Crippen LogP contribution in [-0.2, 0) is 5.41 Å². The summed E-state index contributed by atoms with van der Waals surface area (Å²) in [5, 5.41) is 6.99. The molecular formula is C28H31N7O. The highest BCUT2D eigenvalue weighted by Gasteiger charge is 2.22. The van der Waals surface area contributed by atoms with Crippen LogP contribution in [0, 0.1) is 13.8 Å². The minimum atomic E-state index is -0.235. The highest BCUT2D eigenvalue weighted by molar-refractivity contribution is 5.81. The SMILES string of the molecule is Cc1cc(Oc2ccnc(Nc3cccc(C(C)(C)C/C(N)=N/N)c3)c2)c(-c2ccccn2)nc1C. The Bertz CT molecular complexity index is 1380. The molecule has 8 nitrogen and oxygen atoms in total. The number of nitrogens with zero attached hydrogens (tertiary/aromatic N) is 4. The van der Waals surface area contributed by atoms with E-state index in [0.717, 1.165) is 28.2 Å². The van der Waals surface area contributed by atoms with E-state index < -0.39 is 0 Å². The fourth-order valence-corrected chi connectivity index (χ4v) is 3.88. The third kappa shape index (κ3) is 5.78. The number of aromatic nitrogens is 3. The smallest absolute Gasteiger partial charge is 0.155 e. The Hall–Kier alpha value is -4.46. The second-order valence-electron chi connectivity index (χ2n) is 9.32. The van der Waals surface area contributed by atoms with Crippen LogP contribution in [0.15, 0.2) is 78.2 Å². The maximum atomic E-state index is 6.29. The number of nitrogens with two attached hydrogens (primary N) is 2. The van der Waals surface area contributed by atoms with E-state index in [0.29, 0.717) is 35.3 Å². The molecule has 0 atom stereocenters. The molecule has 0 unspecified atom stereocenters. The Kier molecular flexibility index (Phi) is 7.15. The number of rotatable bonds is 8. The molecular weight excluding hydrogens is 450 g/mol. The summed E-state index contributed by atoms with van der Waals surface area (Å²) in [7, 11) is 0. The quantitative estimate of drug-likeness (QED) is 0.130. The average molecular weight is 482 g/mol. The number of hydrazone groups is 1. The highest BCUT2D eigenvalue weighted by Crippen LogP contribution is 2.34. The first-order valence-corrected chi connectivity index (χ1v) is 11.7. The van der Waals surface area contributed by atoms with Crippen LogP contribution in [0.5, 0.6) is 11.5 Å². The summed E-state index contributed by atoms with van der Waals surface area (Å²) in [6.45, 7) is 8.20. The van der Waals surface area contributed by atoms with E-state index in [4.69, 9.17) is 21.3 Å². The van der Waals surface area contributed by atoms with Gasteiger partial charge in [-0.05, 0) is 66.8 Å². The van der Waals surface area contributed by atoms with Crippen molar-refractivity contribution in [3.05, 3.63) is 89.9 Å². The fraction of sp³-hybridized carbons (Fsp3) is 0.214. The number of aryl methyl sites for hydroxylation is 2. The van der Waals surface area contributed by atoms with Gasteiger partial charge in [-0.1, -0.05) is 32.0 Å². The lowest BCUT2D eigenvalue weighted by molar-refractivity contribution is 0.481. The van der Waals surface area contributed by atoms with E-state index in [-0.39, 0.29) is 5.41 Å². The van der Waals surface area contributed by atoms with Gasteiger partial charge in [0.05, 0.1) is 5.69 Å². The molecule has 0 aliphatic heterocycles. The van der Waals surface area contributed by atoms with Crippen LogP contribution in [0.1, 0.15) is 37.1 Å². The van der Waals surface area contributed by atoms with Crippen molar-refractivity contribution in [2.45, 2.75) is 39.5 Å². The molecule has 4 aromatic rings. The summed E-state index contributed by atoms with van der Waals surface area (Å²) < 4.78 is 6.29. The third-order valence-corrected chi connectivity index (χ3v) is 6.00. The Balaban J connectivity index is 1.59.